The minimum atomic E-state index is -1.58. The first kappa shape index (κ1) is 21.4. The average Bonchev–Trinajstić information content (AvgIpc) is 3.05. The molecular formula is C13H20N6O6S. The number of aliphatic hydroxyl groups excluding tert-OH is 2. The van der Waals surface area contributed by atoms with Crippen LogP contribution in [0.1, 0.15) is 29.0 Å². The minimum Gasteiger partial charge on any atom is -0.480 e. The average molecular weight is 388 g/mol. The van der Waals surface area contributed by atoms with Crippen LogP contribution in [0.4, 0.5) is 4.79 Å². The highest BCUT2D eigenvalue weighted by Gasteiger charge is 2.29. The first-order valence-corrected chi connectivity index (χ1v) is 8.06. The molecule has 0 saturated carbocycles. The minimum absolute atomic E-state index is 0.103. The van der Waals surface area contributed by atoms with Gasteiger partial charge in [-0.05, 0) is 6.92 Å². The van der Waals surface area contributed by atoms with E-state index in [1.807, 2.05) is 5.32 Å². The van der Waals surface area contributed by atoms with Gasteiger partial charge in [-0.2, -0.15) is 0 Å². The first-order chi connectivity index (χ1) is 12.1. The molecule has 0 aliphatic heterocycles. The number of aliphatic hydroxyl groups is 2. The second-order valence-corrected chi connectivity index (χ2v) is 6.31. The van der Waals surface area contributed by atoms with Gasteiger partial charge in [-0.25, -0.2) is 9.59 Å². The van der Waals surface area contributed by atoms with Crippen molar-refractivity contribution in [2.24, 2.45) is 11.5 Å². The van der Waals surface area contributed by atoms with E-state index in [-0.39, 0.29) is 15.6 Å². The third-order valence-corrected chi connectivity index (χ3v) is 4.31. The Hall–Kier alpha value is -2.61. The highest BCUT2D eigenvalue weighted by Crippen LogP contribution is 2.26. The fourth-order valence-corrected chi connectivity index (χ4v) is 2.66. The Morgan fingerprint density at radius 3 is 2.31 bits per heavy atom. The molecule has 4 atom stereocenters. The molecular weight excluding hydrogens is 368 g/mol. The van der Waals surface area contributed by atoms with Crippen LogP contribution in [0.15, 0.2) is 12.2 Å². The lowest BCUT2D eigenvalue weighted by Crippen LogP contribution is -2.52. The van der Waals surface area contributed by atoms with Gasteiger partial charge in [0.1, 0.15) is 16.1 Å². The summed E-state index contributed by atoms with van der Waals surface area (Å²) in [6, 6.07) is -4.59. The van der Waals surface area contributed by atoms with E-state index in [0.717, 1.165) is 11.3 Å². The van der Waals surface area contributed by atoms with Crippen molar-refractivity contribution in [2.45, 2.75) is 31.2 Å². The zero-order valence-electron chi connectivity index (χ0n) is 13.7. The van der Waals surface area contributed by atoms with Crippen molar-refractivity contribution in [2.75, 3.05) is 6.61 Å². The summed E-state index contributed by atoms with van der Waals surface area (Å²) in [5.74, 6) is -2.38. The molecule has 0 aliphatic rings. The maximum Gasteiger partial charge on any atom is 0.328 e. The van der Waals surface area contributed by atoms with Crippen LogP contribution in [-0.2, 0) is 9.59 Å². The predicted octanol–water partition coefficient (Wildman–Crippen LogP) is -2.25. The number of aliphatic carboxylic acids is 1. The van der Waals surface area contributed by atoms with Crippen LogP contribution in [0.2, 0.25) is 0 Å². The molecule has 0 radical (unpaired) electrons. The van der Waals surface area contributed by atoms with Gasteiger partial charge in [-0.3, -0.25) is 4.79 Å². The molecule has 0 saturated heterocycles. The number of carboxylic acids is 1. The highest BCUT2D eigenvalue weighted by molar-refractivity contribution is 7.11. The second-order valence-electron chi connectivity index (χ2n) is 5.26. The van der Waals surface area contributed by atoms with E-state index in [2.05, 4.69) is 22.1 Å². The van der Waals surface area contributed by atoms with E-state index < -0.39 is 48.7 Å². The molecule has 3 amide bonds. The summed E-state index contributed by atoms with van der Waals surface area (Å²) in [6.07, 6.45) is -1.37. The number of carboxylic acid groups (broad SMARTS) is 1. The Labute approximate surface area is 151 Å². The number of carbonyl (C=O) groups is 3. The van der Waals surface area contributed by atoms with Gasteiger partial charge >= 0.3 is 12.0 Å². The normalized spacial score (nSPS) is 15.4. The van der Waals surface area contributed by atoms with Crippen molar-refractivity contribution < 1.29 is 29.7 Å². The van der Waals surface area contributed by atoms with Gasteiger partial charge in [0.15, 0.2) is 6.04 Å². The third-order valence-electron chi connectivity index (χ3n) is 3.19. The lowest BCUT2D eigenvalue weighted by molar-refractivity contribution is -0.141. The zero-order chi connectivity index (χ0) is 20.0. The topological polar surface area (TPSA) is 214 Å². The van der Waals surface area contributed by atoms with Crippen molar-refractivity contribution in [3.8, 4) is 0 Å². The molecule has 26 heavy (non-hydrogen) atoms. The Kier molecular flexibility index (Phi) is 7.57. The molecule has 0 aromatic carbocycles. The highest BCUT2D eigenvalue weighted by atomic mass is 32.1. The molecule has 1 aromatic heterocycles. The molecule has 144 valence electrons. The van der Waals surface area contributed by atoms with Crippen LogP contribution in [-0.4, -0.2) is 62.2 Å². The van der Waals surface area contributed by atoms with Crippen LogP contribution in [0.5, 0.6) is 0 Å². The lowest BCUT2D eigenvalue weighted by Gasteiger charge is -2.21. The maximum absolute atomic E-state index is 12.1. The van der Waals surface area contributed by atoms with Crippen molar-refractivity contribution in [1.29, 1.82) is 0 Å². The zero-order valence-corrected chi connectivity index (χ0v) is 14.6. The second kappa shape index (κ2) is 9.19. The summed E-state index contributed by atoms with van der Waals surface area (Å²) in [6.45, 7) is 4.28. The molecule has 12 nitrogen and oxygen atoms in total. The van der Waals surface area contributed by atoms with Crippen molar-refractivity contribution in [1.82, 2.24) is 20.8 Å². The Morgan fingerprint density at radius 2 is 1.85 bits per heavy atom. The summed E-state index contributed by atoms with van der Waals surface area (Å²) in [5, 5.41) is 39.7. The standard InChI is InChI=1S/C13H20N6O6S/c1-4(9(15)22)7(11-19-18-10(26-11)6(14)3-20)16-13(25)17-8(5(2)21)12(23)24/h5-8,20-21H,1,3,14H2,2H3,(H2,15,22)(H,23,24)(H2,16,17,25). The number of aromatic nitrogens is 2. The van der Waals surface area contributed by atoms with E-state index >= 15 is 0 Å². The first-order valence-electron chi connectivity index (χ1n) is 7.24. The summed E-state index contributed by atoms with van der Waals surface area (Å²) in [4.78, 5) is 34.5. The van der Waals surface area contributed by atoms with E-state index in [1.54, 1.807) is 0 Å². The lowest BCUT2D eigenvalue weighted by atomic mass is 10.1. The fourth-order valence-electron chi connectivity index (χ4n) is 1.73. The number of nitrogens with one attached hydrogen (secondary N) is 2. The number of urea groups is 1. The number of nitrogens with zero attached hydrogens (tertiary/aromatic N) is 2. The van der Waals surface area contributed by atoms with Gasteiger partial charge in [0.05, 0.1) is 18.8 Å². The summed E-state index contributed by atoms with van der Waals surface area (Å²) in [5.41, 5.74) is 10.6. The largest absolute Gasteiger partial charge is 0.480 e. The molecule has 0 aliphatic carbocycles. The molecule has 1 heterocycles. The molecule has 0 spiro atoms. The maximum atomic E-state index is 12.1. The number of carbonyl (C=O) groups excluding carboxylic acids is 2. The van der Waals surface area contributed by atoms with Crippen LogP contribution in [0.3, 0.4) is 0 Å². The number of hydrogen-bond donors (Lipinski definition) is 7. The van der Waals surface area contributed by atoms with Crippen molar-refractivity contribution in [3.63, 3.8) is 0 Å². The van der Waals surface area contributed by atoms with Crippen molar-refractivity contribution in [3.05, 3.63) is 22.2 Å². The molecule has 1 aromatic rings. The van der Waals surface area contributed by atoms with Gasteiger partial charge in [-0.1, -0.05) is 17.9 Å². The third kappa shape index (κ3) is 5.45. The molecule has 0 bridgehead atoms. The number of rotatable bonds is 9. The Morgan fingerprint density at radius 1 is 1.27 bits per heavy atom. The van der Waals surface area contributed by atoms with Crippen molar-refractivity contribution >= 4 is 29.2 Å². The van der Waals surface area contributed by atoms with Crippen LogP contribution >= 0.6 is 11.3 Å². The van der Waals surface area contributed by atoms with Gasteiger partial charge in [-0.15, -0.1) is 10.2 Å². The van der Waals surface area contributed by atoms with Crippen LogP contribution in [0.25, 0.3) is 0 Å². The number of primary amides is 1. The summed E-state index contributed by atoms with van der Waals surface area (Å²) < 4.78 is 0. The van der Waals surface area contributed by atoms with E-state index in [0.29, 0.717) is 0 Å². The summed E-state index contributed by atoms with van der Waals surface area (Å²) >= 11 is 0.909. The van der Waals surface area contributed by atoms with Crippen LogP contribution < -0.4 is 22.1 Å². The number of hydrogen-bond acceptors (Lipinski definition) is 9. The predicted molar refractivity (Wildman–Crippen MR) is 89.8 cm³/mol. The Bertz CT molecular complexity index is 692. The SMILES string of the molecule is C=C(C(N)=O)C(NC(=O)NC(C(=O)O)C(C)O)c1nnc(C(N)CO)s1. The molecule has 9 N–H and O–H groups in total. The van der Waals surface area contributed by atoms with Crippen LogP contribution in [0, 0.1) is 0 Å². The van der Waals surface area contributed by atoms with E-state index in [4.69, 9.17) is 21.7 Å². The van der Waals surface area contributed by atoms with Gasteiger partial charge in [0, 0.05) is 5.57 Å². The molecule has 1 rings (SSSR count). The van der Waals surface area contributed by atoms with Gasteiger partial charge in [0.2, 0.25) is 5.91 Å². The monoisotopic (exact) mass is 388 g/mol. The smallest absolute Gasteiger partial charge is 0.328 e. The summed E-state index contributed by atoms with van der Waals surface area (Å²) in [7, 11) is 0. The van der Waals surface area contributed by atoms with Gasteiger partial charge in [0.25, 0.3) is 0 Å². The fraction of sp³-hybridized carbons (Fsp3) is 0.462. The van der Waals surface area contributed by atoms with E-state index in [9.17, 15) is 19.5 Å². The van der Waals surface area contributed by atoms with Gasteiger partial charge < -0.3 is 37.4 Å². The molecule has 0 fully saturated rings. The number of nitrogens with two attached hydrogens (primary N) is 2. The van der Waals surface area contributed by atoms with E-state index in [1.165, 1.54) is 6.92 Å². The Balaban J connectivity index is 3.03. The molecule has 13 heteroatoms. The quantitative estimate of drug-likeness (QED) is 0.227. The molecule has 4 unspecified atom stereocenters. The number of amides is 3.